The number of likely N-dealkylation sites (tertiary alicyclic amines) is 1. The van der Waals surface area contributed by atoms with Crippen LogP contribution in [0.25, 0.3) is 11.1 Å². The highest BCUT2D eigenvalue weighted by Crippen LogP contribution is 2.40. The number of hydrogen-bond acceptors (Lipinski definition) is 10. The molecule has 2 amide bonds. The van der Waals surface area contributed by atoms with E-state index in [1.807, 2.05) is 59.5 Å². The average Bonchev–Trinajstić information content (AvgIpc) is 3.54. The van der Waals surface area contributed by atoms with Crippen LogP contribution in [0.15, 0.2) is 64.6 Å². The van der Waals surface area contributed by atoms with Crippen LogP contribution in [0.1, 0.15) is 31.1 Å². The van der Waals surface area contributed by atoms with Crippen molar-refractivity contribution in [3.8, 4) is 11.1 Å². The van der Waals surface area contributed by atoms with E-state index in [2.05, 4.69) is 20.6 Å². The van der Waals surface area contributed by atoms with E-state index in [0.717, 1.165) is 16.7 Å². The number of rotatable bonds is 6. The maximum absolute atomic E-state index is 12.2. The monoisotopic (exact) mass is 502 g/mol. The zero-order chi connectivity index (χ0) is 25.7. The topological polar surface area (TPSA) is 162 Å². The second-order valence-electron chi connectivity index (χ2n) is 10.0. The molecule has 4 unspecified atom stereocenters. The lowest BCUT2D eigenvalue weighted by atomic mass is 9.89. The molecule has 4 heterocycles. The van der Waals surface area contributed by atoms with Crippen molar-refractivity contribution in [3.63, 3.8) is 0 Å². The van der Waals surface area contributed by atoms with Crippen molar-refractivity contribution in [3.05, 3.63) is 60.2 Å². The number of amides is 2. The molecular formula is C26H30N8O3. The van der Waals surface area contributed by atoms with Crippen molar-refractivity contribution in [1.82, 2.24) is 20.4 Å². The number of aliphatic hydroxyl groups is 1. The summed E-state index contributed by atoms with van der Waals surface area (Å²) in [5.41, 5.74) is 14.6. The molecule has 5 atom stereocenters. The molecule has 2 aromatic rings. The lowest BCUT2D eigenvalue weighted by molar-refractivity contribution is -0.138. The maximum Gasteiger partial charge on any atom is 0.229 e. The van der Waals surface area contributed by atoms with Gasteiger partial charge in [-0.15, -0.1) is 0 Å². The minimum Gasteiger partial charge on any atom is -0.374 e. The van der Waals surface area contributed by atoms with E-state index in [1.165, 1.54) is 4.90 Å². The number of nitrogens with two attached hydrogens (primary N) is 2. The summed E-state index contributed by atoms with van der Waals surface area (Å²) in [6, 6.07) is 16.7. The van der Waals surface area contributed by atoms with Gasteiger partial charge >= 0.3 is 0 Å². The Kier molecular flexibility index (Phi) is 5.61. The lowest BCUT2D eigenvalue weighted by Crippen LogP contribution is -2.69. The van der Waals surface area contributed by atoms with Crippen LogP contribution >= 0.6 is 0 Å². The summed E-state index contributed by atoms with van der Waals surface area (Å²) in [7, 11) is 0. The molecule has 4 aliphatic heterocycles. The molecule has 0 radical (unpaired) electrons. The molecule has 11 nitrogen and oxygen atoms in total. The number of hydrogen-bond donors (Lipinski definition) is 5. The molecule has 4 aliphatic rings. The van der Waals surface area contributed by atoms with E-state index < -0.39 is 24.0 Å². The number of imide groups is 1. The van der Waals surface area contributed by atoms with Gasteiger partial charge in [-0.05, 0) is 22.8 Å². The zero-order valence-corrected chi connectivity index (χ0v) is 20.2. The fourth-order valence-electron chi connectivity index (χ4n) is 6.03. The number of aliphatic imine (C=N–C) groups is 2. The number of benzene rings is 2. The normalized spacial score (nSPS) is 29.5. The molecule has 0 aromatic heterocycles. The summed E-state index contributed by atoms with van der Waals surface area (Å²) in [6.07, 6.45) is 0.0573. The van der Waals surface area contributed by atoms with Gasteiger partial charge in [0.15, 0.2) is 11.9 Å². The Morgan fingerprint density at radius 1 is 1.05 bits per heavy atom. The van der Waals surface area contributed by atoms with Crippen LogP contribution in [0.2, 0.25) is 0 Å². The SMILES string of the molecule is NC1=NC2[C@H](CN3C(=O)CCC3=O)N=C(N)N3CC(NC(O)c4cccc(-c5ccccc5)c4)CC23N1. The number of carbonyl (C=O) groups excluding carboxylic acids is 2. The fraction of sp³-hybridized carbons (Fsp3) is 0.385. The Bertz CT molecular complexity index is 1280. The second-order valence-corrected chi connectivity index (χ2v) is 10.0. The van der Waals surface area contributed by atoms with Crippen LogP contribution in [0.5, 0.6) is 0 Å². The third-order valence-corrected chi connectivity index (χ3v) is 7.72. The molecule has 192 valence electrons. The van der Waals surface area contributed by atoms with E-state index in [1.54, 1.807) is 0 Å². The van der Waals surface area contributed by atoms with Gasteiger partial charge in [-0.3, -0.25) is 19.8 Å². The quantitative estimate of drug-likeness (QED) is 0.269. The van der Waals surface area contributed by atoms with Crippen molar-refractivity contribution < 1.29 is 14.7 Å². The molecule has 2 saturated heterocycles. The minimum atomic E-state index is -0.904. The summed E-state index contributed by atoms with van der Waals surface area (Å²) in [5, 5.41) is 17.7. The standard InChI is InChI=1S/C26H30N8O3/c27-24-31-22-19(14-33-20(35)9-10-21(33)36)30-25(28)34-13-18(12-26(22,34)32-24)29-23(37)17-8-4-7-16(11-17)15-5-2-1-3-6-15/h1-8,11,18-19,22-23,29,37H,9-10,12-14H2,(H2,28,30)(H3,27,31,32)/t18?,19-,22?,23?,26?/m0/s1. The summed E-state index contributed by atoms with van der Waals surface area (Å²) in [5.74, 6) is 0.151. The molecule has 37 heavy (non-hydrogen) atoms. The van der Waals surface area contributed by atoms with Gasteiger partial charge in [0.05, 0.1) is 12.6 Å². The van der Waals surface area contributed by atoms with Crippen LogP contribution in [-0.4, -0.2) is 75.5 Å². The molecule has 7 N–H and O–H groups in total. The summed E-state index contributed by atoms with van der Waals surface area (Å²) in [6.45, 7) is 0.593. The van der Waals surface area contributed by atoms with E-state index >= 15 is 0 Å². The predicted octanol–water partition coefficient (Wildman–Crippen LogP) is -0.163. The van der Waals surface area contributed by atoms with E-state index in [0.29, 0.717) is 18.9 Å². The number of aliphatic hydroxyl groups excluding tert-OH is 1. The highest BCUT2D eigenvalue weighted by molar-refractivity contribution is 6.02. The average molecular weight is 503 g/mol. The van der Waals surface area contributed by atoms with Gasteiger partial charge in [0.25, 0.3) is 0 Å². The largest absolute Gasteiger partial charge is 0.374 e. The van der Waals surface area contributed by atoms with Crippen LogP contribution < -0.4 is 22.1 Å². The molecule has 11 heteroatoms. The van der Waals surface area contributed by atoms with Gasteiger partial charge in [-0.25, -0.2) is 9.98 Å². The number of nitrogens with one attached hydrogen (secondary N) is 2. The molecule has 0 bridgehead atoms. The van der Waals surface area contributed by atoms with Gasteiger partial charge in [0.1, 0.15) is 17.9 Å². The van der Waals surface area contributed by atoms with Gasteiger partial charge in [0, 0.05) is 31.8 Å². The fourth-order valence-corrected chi connectivity index (χ4v) is 6.03. The summed E-state index contributed by atoms with van der Waals surface area (Å²) >= 11 is 0. The molecule has 6 rings (SSSR count). The Morgan fingerprint density at radius 2 is 1.78 bits per heavy atom. The first-order valence-corrected chi connectivity index (χ1v) is 12.5. The molecule has 0 aliphatic carbocycles. The van der Waals surface area contributed by atoms with Crippen LogP contribution in [0.3, 0.4) is 0 Å². The molecular weight excluding hydrogens is 472 g/mol. The molecule has 2 fully saturated rings. The molecule has 2 aromatic carbocycles. The Labute approximate surface area is 214 Å². The number of nitrogens with zero attached hydrogens (tertiary/aromatic N) is 4. The van der Waals surface area contributed by atoms with Crippen molar-refractivity contribution in [2.24, 2.45) is 21.5 Å². The van der Waals surface area contributed by atoms with Crippen molar-refractivity contribution in [2.45, 2.75) is 49.3 Å². The second kappa shape index (κ2) is 8.86. The van der Waals surface area contributed by atoms with Gasteiger partial charge < -0.3 is 26.8 Å². The first-order chi connectivity index (χ1) is 17.8. The van der Waals surface area contributed by atoms with Crippen molar-refractivity contribution >= 4 is 23.7 Å². The first kappa shape index (κ1) is 23.4. The van der Waals surface area contributed by atoms with E-state index in [9.17, 15) is 14.7 Å². The Morgan fingerprint density at radius 3 is 2.54 bits per heavy atom. The summed E-state index contributed by atoms with van der Waals surface area (Å²) < 4.78 is 0. The van der Waals surface area contributed by atoms with Crippen molar-refractivity contribution in [1.29, 1.82) is 0 Å². The molecule has 1 spiro atoms. The maximum atomic E-state index is 12.2. The minimum absolute atomic E-state index is 0.115. The molecule has 0 saturated carbocycles. The van der Waals surface area contributed by atoms with Gasteiger partial charge in [-0.1, -0.05) is 48.5 Å². The Balaban J connectivity index is 1.21. The predicted molar refractivity (Wildman–Crippen MR) is 138 cm³/mol. The number of carbonyl (C=O) groups is 2. The zero-order valence-electron chi connectivity index (χ0n) is 20.2. The smallest absolute Gasteiger partial charge is 0.229 e. The van der Waals surface area contributed by atoms with Crippen LogP contribution in [0.4, 0.5) is 0 Å². The van der Waals surface area contributed by atoms with E-state index in [-0.39, 0.29) is 43.2 Å². The van der Waals surface area contributed by atoms with Crippen LogP contribution in [0, 0.1) is 0 Å². The number of guanidine groups is 2. The Hall–Kier alpha value is -3.96. The lowest BCUT2D eigenvalue weighted by Gasteiger charge is -2.45. The third-order valence-electron chi connectivity index (χ3n) is 7.72. The van der Waals surface area contributed by atoms with E-state index in [4.69, 9.17) is 11.5 Å². The van der Waals surface area contributed by atoms with Gasteiger partial charge in [-0.2, -0.15) is 0 Å². The highest BCUT2D eigenvalue weighted by atomic mass is 16.3. The summed E-state index contributed by atoms with van der Waals surface area (Å²) in [4.78, 5) is 36.9. The highest BCUT2D eigenvalue weighted by Gasteiger charge is 2.60. The van der Waals surface area contributed by atoms with Crippen LogP contribution in [-0.2, 0) is 9.59 Å². The first-order valence-electron chi connectivity index (χ1n) is 12.5. The van der Waals surface area contributed by atoms with Gasteiger partial charge in [0.2, 0.25) is 11.8 Å². The third kappa shape index (κ3) is 4.00. The van der Waals surface area contributed by atoms with Crippen molar-refractivity contribution in [2.75, 3.05) is 13.1 Å².